The first-order valence-corrected chi connectivity index (χ1v) is 9.35. The highest BCUT2D eigenvalue weighted by Gasteiger charge is 2.22. The predicted octanol–water partition coefficient (Wildman–Crippen LogP) is 1.59. The molecule has 0 bridgehead atoms. The SMILES string of the molecule is CCc1cc(N2CCN(CC(=O)Nc3ccccc3F)CC2)n2ncnc2n1. The first-order chi connectivity index (χ1) is 13.6. The molecule has 0 spiro atoms. The van der Waals surface area contributed by atoms with E-state index in [1.165, 1.54) is 12.4 Å². The molecule has 8 nitrogen and oxygen atoms in total. The van der Waals surface area contributed by atoms with E-state index in [-0.39, 0.29) is 18.1 Å². The Morgan fingerprint density at radius 2 is 2.00 bits per heavy atom. The summed E-state index contributed by atoms with van der Waals surface area (Å²) in [6.07, 6.45) is 2.33. The molecule has 1 N–H and O–H groups in total. The molecule has 1 aliphatic rings. The Bertz CT molecular complexity index is 981. The molecule has 9 heteroatoms. The number of anilines is 2. The Kier molecular flexibility index (Phi) is 5.16. The molecular formula is C19H22FN7O. The van der Waals surface area contributed by atoms with E-state index >= 15 is 0 Å². The summed E-state index contributed by atoms with van der Waals surface area (Å²) >= 11 is 0. The summed E-state index contributed by atoms with van der Waals surface area (Å²) in [6, 6.07) is 8.23. The summed E-state index contributed by atoms with van der Waals surface area (Å²) < 4.78 is 15.4. The monoisotopic (exact) mass is 383 g/mol. The van der Waals surface area contributed by atoms with Crippen molar-refractivity contribution in [1.29, 1.82) is 0 Å². The van der Waals surface area contributed by atoms with Crippen molar-refractivity contribution in [2.75, 3.05) is 42.9 Å². The van der Waals surface area contributed by atoms with Crippen molar-refractivity contribution in [3.63, 3.8) is 0 Å². The molecule has 3 aromatic rings. The Morgan fingerprint density at radius 3 is 2.75 bits per heavy atom. The van der Waals surface area contributed by atoms with Crippen LogP contribution in [-0.2, 0) is 11.2 Å². The predicted molar refractivity (Wildman–Crippen MR) is 104 cm³/mol. The van der Waals surface area contributed by atoms with Crippen LogP contribution in [0.2, 0.25) is 0 Å². The molecule has 3 heterocycles. The van der Waals surface area contributed by atoms with Gasteiger partial charge in [-0.3, -0.25) is 9.69 Å². The van der Waals surface area contributed by atoms with Crippen LogP contribution in [0.15, 0.2) is 36.7 Å². The van der Waals surface area contributed by atoms with Gasteiger partial charge in [-0.05, 0) is 18.6 Å². The number of amides is 1. The number of rotatable bonds is 5. The van der Waals surface area contributed by atoms with E-state index in [0.29, 0.717) is 5.78 Å². The quantitative estimate of drug-likeness (QED) is 0.721. The molecule has 0 saturated carbocycles. The van der Waals surface area contributed by atoms with Gasteiger partial charge in [0.1, 0.15) is 18.0 Å². The lowest BCUT2D eigenvalue weighted by molar-refractivity contribution is -0.117. The van der Waals surface area contributed by atoms with Crippen molar-refractivity contribution in [1.82, 2.24) is 24.5 Å². The van der Waals surface area contributed by atoms with Gasteiger partial charge in [0, 0.05) is 37.9 Å². The van der Waals surface area contributed by atoms with Crippen LogP contribution in [0, 0.1) is 5.82 Å². The van der Waals surface area contributed by atoms with E-state index in [9.17, 15) is 9.18 Å². The topological polar surface area (TPSA) is 78.7 Å². The number of carbonyl (C=O) groups excluding carboxylic acids is 1. The molecule has 146 valence electrons. The molecule has 28 heavy (non-hydrogen) atoms. The van der Waals surface area contributed by atoms with Crippen LogP contribution in [0.4, 0.5) is 15.9 Å². The van der Waals surface area contributed by atoms with Crippen molar-refractivity contribution in [3.05, 3.63) is 48.2 Å². The number of benzene rings is 1. The number of nitrogens with zero attached hydrogens (tertiary/aromatic N) is 6. The van der Waals surface area contributed by atoms with Crippen LogP contribution < -0.4 is 10.2 Å². The smallest absolute Gasteiger partial charge is 0.254 e. The number of halogens is 1. The minimum atomic E-state index is -0.429. The third kappa shape index (κ3) is 3.79. The molecule has 2 aromatic heterocycles. The van der Waals surface area contributed by atoms with Crippen LogP contribution >= 0.6 is 0 Å². The van der Waals surface area contributed by atoms with Gasteiger partial charge in [-0.25, -0.2) is 9.37 Å². The van der Waals surface area contributed by atoms with Crippen LogP contribution in [0.1, 0.15) is 12.6 Å². The van der Waals surface area contributed by atoms with Crippen molar-refractivity contribution in [2.45, 2.75) is 13.3 Å². The Balaban J connectivity index is 1.38. The van der Waals surface area contributed by atoms with E-state index in [1.54, 1.807) is 22.7 Å². The lowest BCUT2D eigenvalue weighted by atomic mass is 10.2. The van der Waals surface area contributed by atoms with Gasteiger partial charge >= 0.3 is 0 Å². The maximum Gasteiger partial charge on any atom is 0.254 e. The molecule has 0 radical (unpaired) electrons. The number of aryl methyl sites for hydroxylation is 1. The van der Waals surface area contributed by atoms with Gasteiger partial charge in [0.05, 0.1) is 12.2 Å². The number of hydrogen-bond acceptors (Lipinski definition) is 6. The van der Waals surface area contributed by atoms with E-state index in [0.717, 1.165) is 44.1 Å². The second-order valence-corrected chi connectivity index (χ2v) is 6.72. The fraction of sp³-hybridized carbons (Fsp3) is 0.368. The first-order valence-electron chi connectivity index (χ1n) is 9.35. The number of carbonyl (C=O) groups is 1. The molecule has 0 unspecified atom stereocenters. The lowest BCUT2D eigenvalue weighted by Crippen LogP contribution is -2.49. The minimum Gasteiger partial charge on any atom is -0.354 e. The van der Waals surface area contributed by atoms with Gasteiger partial charge in [0.15, 0.2) is 0 Å². The zero-order chi connectivity index (χ0) is 19.5. The average Bonchev–Trinajstić information content (AvgIpc) is 3.18. The lowest BCUT2D eigenvalue weighted by Gasteiger charge is -2.35. The Labute approximate surface area is 162 Å². The van der Waals surface area contributed by atoms with E-state index in [2.05, 4.69) is 37.1 Å². The van der Waals surface area contributed by atoms with E-state index in [4.69, 9.17) is 0 Å². The molecule has 1 aliphatic heterocycles. The molecule has 1 aromatic carbocycles. The minimum absolute atomic E-state index is 0.212. The number of hydrogen-bond donors (Lipinski definition) is 1. The molecule has 4 rings (SSSR count). The van der Waals surface area contributed by atoms with Crippen molar-refractivity contribution < 1.29 is 9.18 Å². The first kappa shape index (κ1) is 18.3. The standard InChI is InChI=1S/C19H22FN7O/c1-2-14-11-18(27-19(23-14)21-13-22-27)26-9-7-25(8-10-26)12-17(28)24-16-6-4-3-5-15(16)20/h3-6,11,13H,2,7-10,12H2,1H3,(H,24,28). The summed E-state index contributed by atoms with van der Waals surface area (Å²) in [5.74, 6) is 0.923. The highest BCUT2D eigenvalue weighted by Crippen LogP contribution is 2.19. The maximum atomic E-state index is 13.7. The average molecular weight is 383 g/mol. The second kappa shape index (κ2) is 7.89. The van der Waals surface area contributed by atoms with Gasteiger partial charge in [0.2, 0.25) is 5.91 Å². The second-order valence-electron chi connectivity index (χ2n) is 6.72. The third-order valence-corrected chi connectivity index (χ3v) is 4.86. The number of para-hydroxylation sites is 1. The van der Waals surface area contributed by atoms with Crippen LogP contribution in [-0.4, -0.2) is 63.1 Å². The van der Waals surface area contributed by atoms with Gasteiger partial charge in [-0.2, -0.15) is 14.6 Å². The van der Waals surface area contributed by atoms with Crippen LogP contribution in [0.3, 0.4) is 0 Å². The summed E-state index contributed by atoms with van der Waals surface area (Å²) in [4.78, 5) is 25.2. The number of aromatic nitrogens is 4. The molecule has 0 atom stereocenters. The number of piperazine rings is 1. The zero-order valence-corrected chi connectivity index (χ0v) is 15.7. The fourth-order valence-electron chi connectivity index (χ4n) is 3.34. The summed E-state index contributed by atoms with van der Waals surface area (Å²) in [5.41, 5.74) is 1.19. The molecule has 0 aliphatic carbocycles. The summed E-state index contributed by atoms with van der Waals surface area (Å²) in [6.45, 7) is 5.27. The van der Waals surface area contributed by atoms with Gasteiger partial charge in [-0.15, -0.1) is 0 Å². The number of fused-ring (bicyclic) bond motifs is 1. The number of nitrogens with one attached hydrogen (secondary N) is 1. The maximum absolute atomic E-state index is 13.7. The van der Waals surface area contributed by atoms with Gasteiger partial charge in [-0.1, -0.05) is 19.1 Å². The van der Waals surface area contributed by atoms with Crippen molar-refractivity contribution >= 4 is 23.2 Å². The highest BCUT2D eigenvalue weighted by molar-refractivity contribution is 5.92. The highest BCUT2D eigenvalue weighted by atomic mass is 19.1. The normalized spacial score (nSPS) is 15.1. The zero-order valence-electron chi connectivity index (χ0n) is 15.7. The van der Waals surface area contributed by atoms with Crippen molar-refractivity contribution in [3.8, 4) is 0 Å². The van der Waals surface area contributed by atoms with Crippen LogP contribution in [0.5, 0.6) is 0 Å². The van der Waals surface area contributed by atoms with Crippen molar-refractivity contribution in [2.24, 2.45) is 0 Å². The molecule has 1 saturated heterocycles. The fourth-order valence-corrected chi connectivity index (χ4v) is 3.34. The summed E-state index contributed by atoms with van der Waals surface area (Å²) in [5, 5.41) is 6.92. The van der Waals surface area contributed by atoms with Gasteiger partial charge in [0.25, 0.3) is 5.78 Å². The molecule has 1 fully saturated rings. The van der Waals surface area contributed by atoms with Gasteiger partial charge < -0.3 is 10.2 Å². The third-order valence-electron chi connectivity index (χ3n) is 4.86. The van der Waals surface area contributed by atoms with E-state index in [1.807, 2.05) is 6.07 Å². The summed E-state index contributed by atoms with van der Waals surface area (Å²) in [7, 11) is 0. The largest absolute Gasteiger partial charge is 0.354 e. The van der Waals surface area contributed by atoms with E-state index < -0.39 is 5.82 Å². The van der Waals surface area contributed by atoms with Crippen LogP contribution in [0.25, 0.3) is 5.78 Å². The molecular weight excluding hydrogens is 361 g/mol. The Morgan fingerprint density at radius 1 is 1.21 bits per heavy atom. The Hall–Kier alpha value is -3.07. The molecule has 1 amide bonds.